The van der Waals surface area contributed by atoms with E-state index >= 15 is 0 Å². The number of aromatic amines is 1. The van der Waals surface area contributed by atoms with E-state index in [0.717, 1.165) is 41.6 Å². The average Bonchev–Trinajstić information content (AvgIpc) is 3.18. The second-order valence-electron chi connectivity index (χ2n) is 6.83. The summed E-state index contributed by atoms with van der Waals surface area (Å²) in [6.45, 7) is 7.88. The van der Waals surface area contributed by atoms with Crippen LogP contribution in [-0.2, 0) is 7.05 Å². The topological polar surface area (TPSA) is 74.2 Å². The first-order valence-electron chi connectivity index (χ1n) is 8.16. The van der Waals surface area contributed by atoms with Crippen molar-refractivity contribution in [2.24, 2.45) is 18.9 Å². The fourth-order valence-electron chi connectivity index (χ4n) is 3.65. The van der Waals surface area contributed by atoms with Crippen LogP contribution in [0.2, 0.25) is 0 Å². The van der Waals surface area contributed by atoms with Gasteiger partial charge in [-0.1, -0.05) is 0 Å². The molecule has 2 aromatic rings. The average molecular weight is 347 g/mol. The summed E-state index contributed by atoms with van der Waals surface area (Å²) in [7, 11) is 1.49. The van der Waals surface area contributed by atoms with E-state index in [9.17, 15) is 9.59 Å². The quantitative estimate of drug-likeness (QED) is 0.866. The number of hydrogen-bond donors (Lipinski definition) is 1. The standard InChI is InChI=1S/C16H21N5O2S/c1-9-10(2)24-16(17-9)21-7-11-5-20(6-12(11)8-21)13-4-14(22)19(3)15(23)18-13/h4,11-12H,5-8H2,1-3H3,(H,18,23). The molecule has 2 atom stereocenters. The van der Waals surface area contributed by atoms with Gasteiger partial charge in [0.2, 0.25) is 0 Å². The second kappa shape index (κ2) is 5.47. The van der Waals surface area contributed by atoms with Gasteiger partial charge in [-0.3, -0.25) is 14.3 Å². The van der Waals surface area contributed by atoms with E-state index in [0.29, 0.717) is 17.7 Å². The highest BCUT2D eigenvalue weighted by Gasteiger charge is 2.41. The van der Waals surface area contributed by atoms with E-state index in [-0.39, 0.29) is 11.2 Å². The number of anilines is 2. The predicted molar refractivity (Wildman–Crippen MR) is 95.3 cm³/mol. The summed E-state index contributed by atoms with van der Waals surface area (Å²) in [4.78, 5) is 36.9. The van der Waals surface area contributed by atoms with Crippen molar-refractivity contribution in [3.63, 3.8) is 0 Å². The van der Waals surface area contributed by atoms with Gasteiger partial charge >= 0.3 is 5.69 Å². The molecule has 0 amide bonds. The van der Waals surface area contributed by atoms with Gasteiger partial charge in [-0.2, -0.15) is 0 Å². The Bertz CT molecular complexity index is 834. The molecule has 128 valence electrons. The SMILES string of the molecule is Cc1nc(N2CC3CN(c4cc(=O)n(C)c(=O)[nH]4)CC3C2)sc1C. The van der Waals surface area contributed by atoms with Crippen LogP contribution in [0.4, 0.5) is 10.9 Å². The Balaban J connectivity index is 1.50. The van der Waals surface area contributed by atoms with Gasteiger partial charge in [0.15, 0.2) is 5.13 Å². The third-order valence-electron chi connectivity index (χ3n) is 5.25. The molecule has 8 heteroatoms. The molecule has 4 heterocycles. The maximum atomic E-state index is 11.8. The molecule has 2 aromatic heterocycles. The Morgan fingerprint density at radius 1 is 1.12 bits per heavy atom. The van der Waals surface area contributed by atoms with Gasteiger partial charge < -0.3 is 9.80 Å². The van der Waals surface area contributed by atoms with Crippen LogP contribution in [0.3, 0.4) is 0 Å². The minimum absolute atomic E-state index is 0.263. The van der Waals surface area contributed by atoms with Crippen LogP contribution >= 0.6 is 11.3 Å². The van der Waals surface area contributed by atoms with Crippen LogP contribution in [0, 0.1) is 25.7 Å². The minimum atomic E-state index is -0.357. The molecule has 7 nitrogen and oxygen atoms in total. The maximum absolute atomic E-state index is 11.8. The lowest BCUT2D eigenvalue weighted by Gasteiger charge is -2.22. The Labute approximate surface area is 143 Å². The monoisotopic (exact) mass is 347 g/mol. The van der Waals surface area contributed by atoms with Crippen molar-refractivity contribution in [2.45, 2.75) is 13.8 Å². The molecule has 0 bridgehead atoms. The van der Waals surface area contributed by atoms with Gasteiger partial charge in [0.05, 0.1) is 5.69 Å². The van der Waals surface area contributed by atoms with Crippen molar-refractivity contribution in [3.8, 4) is 0 Å². The Morgan fingerprint density at radius 3 is 2.29 bits per heavy atom. The van der Waals surface area contributed by atoms with Crippen LogP contribution < -0.4 is 21.0 Å². The molecule has 0 aliphatic carbocycles. The first kappa shape index (κ1) is 15.4. The van der Waals surface area contributed by atoms with Gasteiger partial charge in [-0.15, -0.1) is 11.3 Å². The number of aromatic nitrogens is 3. The summed E-state index contributed by atoms with van der Waals surface area (Å²) < 4.78 is 1.09. The van der Waals surface area contributed by atoms with Gasteiger partial charge in [-0.25, -0.2) is 9.78 Å². The summed E-state index contributed by atoms with van der Waals surface area (Å²) in [5.74, 6) is 1.73. The van der Waals surface area contributed by atoms with Gasteiger partial charge in [-0.05, 0) is 13.8 Å². The van der Waals surface area contributed by atoms with Crippen LogP contribution in [0.15, 0.2) is 15.7 Å². The lowest BCUT2D eigenvalue weighted by molar-refractivity contribution is 0.533. The fraction of sp³-hybridized carbons (Fsp3) is 0.562. The first-order valence-corrected chi connectivity index (χ1v) is 8.98. The summed E-state index contributed by atoms with van der Waals surface area (Å²) in [6, 6.07) is 1.52. The second-order valence-corrected chi connectivity index (χ2v) is 8.01. The van der Waals surface area contributed by atoms with E-state index in [1.165, 1.54) is 18.0 Å². The molecule has 4 rings (SSSR count). The zero-order valence-electron chi connectivity index (χ0n) is 14.1. The fourth-order valence-corrected chi connectivity index (χ4v) is 4.58. The predicted octanol–water partition coefficient (Wildman–Crippen LogP) is 0.720. The summed E-state index contributed by atoms with van der Waals surface area (Å²) >= 11 is 1.76. The molecule has 0 saturated carbocycles. The highest BCUT2D eigenvalue weighted by Crippen LogP contribution is 2.37. The first-order chi connectivity index (χ1) is 11.4. The van der Waals surface area contributed by atoms with Crippen molar-refractivity contribution in [1.29, 1.82) is 0 Å². The van der Waals surface area contributed by atoms with Crippen LogP contribution in [0.25, 0.3) is 0 Å². The van der Waals surface area contributed by atoms with Gasteiger partial charge in [0, 0.05) is 56.0 Å². The third kappa shape index (κ3) is 2.45. The van der Waals surface area contributed by atoms with Crippen molar-refractivity contribution >= 4 is 22.3 Å². The van der Waals surface area contributed by atoms with Crippen molar-refractivity contribution in [2.75, 3.05) is 36.0 Å². The molecule has 2 aliphatic rings. The lowest BCUT2D eigenvalue weighted by Crippen LogP contribution is -2.36. The highest BCUT2D eigenvalue weighted by molar-refractivity contribution is 7.15. The summed E-state index contributed by atoms with van der Waals surface area (Å²) in [5, 5.41) is 1.12. The van der Waals surface area contributed by atoms with Gasteiger partial charge in [0.25, 0.3) is 5.56 Å². The third-order valence-corrected chi connectivity index (χ3v) is 6.38. The zero-order valence-corrected chi connectivity index (χ0v) is 14.9. The number of rotatable bonds is 2. The van der Waals surface area contributed by atoms with E-state index in [1.807, 2.05) is 0 Å². The minimum Gasteiger partial charge on any atom is -0.357 e. The van der Waals surface area contributed by atoms with E-state index in [4.69, 9.17) is 0 Å². The Kier molecular flexibility index (Phi) is 3.52. The molecule has 2 fully saturated rings. The van der Waals surface area contributed by atoms with Crippen LogP contribution in [-0.4, -0.2) is 40.7 Å². The van der Waals surface area contributed by atoms with Gasteiger partial charge in [0.1, 0.15) is 5.82 Å². The molecular weight excluding hydrogens is 326 g/mol. The lowest BCUT2D eigenvalue weighted by atomic mass is 10.0. The van der Waals surface area contributed by atoms with Crippen LogP contribution in [0.5, 0.6) is 0 Å². The molecule has 2 aliphatic heterocycles. The number of nitrogens with one attached hydrogen (secondary N) is 1. The number of fused-ring (bicyclic) bond motifs is 1. The molecule has 0 aromatic carbocycles. The smallest absolute Gasteiger partial charge is 0.329 e. The van der Waals surface area contributed by atoms with E-state index < -0.39 is 0 Å². The number of aryl methyl sites for hydroxylation is 2. The molecule has 24 heavy (non-hydrogen) atoms. The van der Waals surface area contributed by atoms with Crippen molar-refractivity contribution in [3.05, 3.63) is 37.5 Å². The van der Waals surface area contributed by atoms with Crippen molar-refractivity contribution in [1.82, 2.24) is 14.5 Å². The normalized spacial score (nSPS) is 23.1. The number of nitrogens with zero attached hydrogens (tertiary/aromatic N) is 4. The van der Waals surface area contributed by atoms with E-state index in [2.05, 4.69) is 33.6 Å². The Morgan fingerprint density at radius 2 is 1.75 bits per heavy atom. The van der Waals surface area contributed by atoms with Crippen molar-refractivity contribution < 1.29 is 0 Å². The summed E-state index contributed by atoms with van der Waals surface area (Å²) in [5.41, 5.74) is 0.498. The summed E-state index contributed by atoms with van der Waals surface area (Å²) in [6.07, 6.45) is 0. The number of H-pyrrole nitrogens is 1. The molecule has 0 radical (unpaired) electrons. The Hall–Kier alpha value is -2.09. The molecule has 2 unspecified atom stereocenters. The molecule has 0 spiro atoms. The zero-order chi connectivity index (χ0) is 17.0. The maximum Gasteiger partial charge on any atom is 0.329 e. The van der Waals surface area contributed by atoms with E-state index in [1.54, 1.807) is 11.3 Å². The number of hydrogen-bond acceptors (Lipinski definition) is 6. The highest BCUT2D eigenvalue weighted by atomic mass is 32.1. The number of thiazole rings is 1. The molecule has 2 saturated heterocycles. The molecular formula is C16H21N5O2S. The largest absolute Gasteiger partial charge is 0.357 e. The van der Waals surface area contributed by atoms with Crippen LogP contribution in [0.1, 0.15) is 10.6 Å². The molecule has 1 N–H and O–H groups in total.